The van der Waals surface area contributed by atoms with Crippen molar-refractivity contribution >= 4 is 5.91 Å². The average Bonchev–Trinajstić information content (AvgIpc) is 2.75. The fourth-order valence-corrected chi connectivity index (χ4v) is 4.20. The van der Waals surface area contributed by atoms with E-state index in [2.05, 4.69) is 27.1 Å². The van der Waals surface area contributed by atoms with Gasteiger partial charge in [-0.25, -0.2) is 4.79 Å². The van der Waals surface area contributed by atoms with Crippen molar-refractivity contribution in [3.63, 3.8) is 0 Å². The number of amides is 1. The molecule has 1 aliphatic rings. The van der Waals surface area contributed by atoms with Crippen LogP contribution < -0.4 is 11.2 Å². The molecule has 30 heavy (non-hydrogen) atoms. The predicted molar refractivity (Wildman–Crippen MR) is 113 cm³/mol. The molecule has 2 aromatic heterocycles. The average molecular weight is 404 g/mol. The van der Waals surface area contributed by atoms with Gasteiger partial charge in [-0.3, -0.25) is 19.6 Å². The number of pyridine rings is 1. The largest absolute Gasteiger partial charge is 0.331 e. The van der Waals surface area contributed by atoms with Crippen molar-refractivity contribution in [2.75, 3.05) is 0 Å². The molecule has 1 aromatic carbocycles. The van der Waals surface area contributed by atoms with Gasteiger partial charge in [0.15, 0.2) is 0 Å². The highest BCUT2D eigenvalue weighted by atomic mass is 16.2. The summed E-state index contributed by atoms with van der Waals surface area (Å²) in [5.41, 5.74) is 2.98. The third-order valence-corrected chi connectivity index (χ3v) is 5.69. The van der Waals surface area contributed by atoms with E-state index in [4.69, 9.17) is 0 Å². The Hall–Kier alpha value is -3.48. The summed E-state index contributed by atoms with van der Waals surface area (Å²) in [4.78, 5) is 48.1. The van der Waals surface area contributed by atoms with Crippen LogP contribution in [-0.4, -0.2) is 25.8 Å². The van der Waals surface area contributed by atoms with Gasteiger partial charge in [0.2, 0.25) is 5.91 Å². The second-order valence-corrected chi connectivity index (χ2v) is 7.68. The molecule has 2 N–H and O–H groups in total. The molecular formula is C23H24N4O3. The van der Waals surface area contributed by atoms with Crippen LogP contribution in [0.1, 0.15) is 46.8 Å². The summed E-state index contributed by atoms with van der Waals surface area (Å²) >= 11 is 0. The normalized spacial score (nSPS) is 15.4. The monoisotopic (exact) mass is 404 g/mol. The van der Waals surface area contributed by atoms with Crippen molar-refractivity contribution in [2.45, 2.75) is 45.2 Å². The Bertz CT molecular complexity index is 1170. The third kappa shape index (κ3) is 4.10. The number of aromatic nitrogens is 3. The number of aromatic amines is 2. The summed E-state index contributed by atoms with van der Waals surface area (Å²) in [6, 6.07) is 12.0. The van der Waals surface area contributed by atoms with Gasteiger partial charge in [0, 0.05) is 30.2 Å². The van der Waals surface area contributed by atoms with Crippen LogP contribution in [0, 0.1) is 6.92 Å². The minimum atomic E-state index is -0.567. The molecule has 154 valence electrons. The molecule has 7 nitrogen and oxygen atoms in total. The number of aryl methyl sites for hydroxylation is 2. The Morgan fingerprint density at radius 2 is 2.00 bits per heavy atom. The number of hydrogen-bond acceptors (Lipinski definition) is 4. The van der Waals surface area contributed by atoms with Crippen LogP contribution in [-0.2, 0) is 24.2 Å². The van der Waals surface area contributed by atoms with Crippen molar-refractivity contribution in [1.29, 1.82) is 0 Å². The van der Waals surface area contributed by atoms with E-state index in [0.29, 0.717) is 17.8 Å². The lowest BCUT2D eigenvalue weighted by atomic mass is 9.86. The molecule has 0 fully saturated rings. The van der Waals surface area contributed by atoms with Crippen molar-refractivity contribution in [2.24, 2.45) is 0 Å². The van der Waals surface area contributed by atoms with E-state index in [1.54, 1.807) is 19.3 Å². The van der Waals surface area contributed by atoms with Gasteiger partial charge in [-0.15, -0.1) is 0 Å². The molecule has 3 aromatic rings. The second-order valence-electron chi connectivity index (χ2n) is 7.68. The molecule has 1 amide bonds. The Kier molecular flexibility index (Phi) is 5.61. The molecule has 1 unspecified atom stereocenters. The third-order valence-electron chi connectivity index (χ3n) is 5.69. The molecule has 0 radical (unpaired) electrons. The Balaban J connectivity index is 1.70. The van der Waals surface area contributed by atoms with E-state index in [0.717, 1.165) is 30.4 Å². The predicted octanol–water partition coefficient (Wildman–Crippen LogP) is 2.42. The summed E-state index contributed by atoms with van der Waals surface area (Å²) in [7, 11) is 0. The molecule has 1 atom stereocenters. The van der Waals surface area contributed by atoms with E-state index in [1.807, 2.05) is 29.2 Å². The highest BCUT2D eigenvalue weighted by molar-refractivity contribution is 5.79. The number of nitrogens with one attached hydrogen (secondary N) is 2. The van der Waals surface area contributed by atoms with E-state index in [1.165, 1.54) is 5.56 Å². The first kappa shape index (κ1) is 19.8. The SMILES string of the molecule is Cc1[nH]c(=O)[nH]c(=O)c1CC(=O)N(Cc1cccnc1)C1CCCc2ccccc21. The number of carbonyl (C=O) groups is 1. The fraction of sp³-hybridized carbons (Fsp3) is 0.304. The quantitative estimate of drug-likeness (QED) is 0.682. The molecule has 0 aliphatic heterocycles. The summed E-state index contributed by atoms with van der Waals surface area (Å²) in [6.45, 7) is 2.05. The highest BCUT2D eigenvalue weighted by Crippen LogP contribution is 2.35. The first-order chi connectivity index (χ1) is 14.5. The molecule has 4 rings (SSSR count). The van der Waals surface area contributed by atoms with E-state index < -0.39 is 11.2 Å². The number of hydrogen-bond donors (Lipinski definition) is 2. The number of nitrogens with zero attached hydrogens (tertiary/aromatic N) is 2. The number of H-pyrrole nitrogens is 2. The van der Waals surface area contributed by atoms with Crippen LogP contribution in [0.4, 0.5) is 0 Å². The number of rotatable bonds is 5. The summed E-state index contributed by atoms with van der Waals surface area (Å²) in [5, 5.41) is 0. The van der Waals surface area contributed by atoms with Gasteiger partial charge in [-0.2, -0.15) is 0 Å². The van der Waals surface area contributed by atoms with Crippen molar-refractivity contribution in [3.05, 3.63) is 97.6 Å². The first-order valence-corrected chi connectivity index (χ1v) is 10.1. The van der Waals surface area contributed by atoms with Crippen LogP contribution in [0.5, 0.6) is 0 Å². The molecule has 0 saturated heterocycles. The fourth-order valence-electron chi connectivity index (χ4n) is 4.20. The number of carbonyl (C=O) groups excluding carboxylic acids is 1. The van der Waals surface area contributed by atoms with Crippen LogP contribution >= 0.6 is 0 Å². The van der Waals surface area contributed by atoms with E-state index >= 15 is 0 Å². The van der Waals surface area contributed by atoms with Gasteiger partial charge in [-0.1, -0.05) is 30.3 Å². The van der Waals surface area contributed by atoms with E-state index in [-0.39, 0.29) is 18.4 Å². The van der Waals surface area contributed by atoms with Crippen LogP contribution in [0.25, 0.3) is 0 Å². The Labute approximate surface area is 173 Å². The molecular weight excluding hydrogens is 380 g/mol. The van der Waals surface area contributed by atoms with Gasteiger partial charge < -0.3 is 9.88 Å². The molecule has 1 aliphatic carbocycles. The lowest BCUT2D eigenvalue weighted by Gasteiger charge is -2.36. The molecule has 2 heterocycles. The maximum Gasteiger partial charge on any atom is 0.325 e. The van der Waals surface area contributed by atoms with Gasteiger partial charge >= 0.3 is 5.69 Å². The Morgan fingerprint density at radius 1 is 1.17 bits per heavy atom. The molecule has 0 bridgehead atoms. The smallest absolute Gasteiger partial charge is 0.325 e. The van der Waals surface area contributed by atoms with Crippen molar-refractivity contribution < 1.29 is 4.79 Å². The summed E-state index contributed by atoms with van der Waals surface area (Å²) in [6.07, 6.45) is 6.25. The van der Waals surface area contributed by atoms with Gasteiger partial charge in [-0.05, 0) is 48.9 Å². The second kappa shape index (κ2) is 8.49. The van der Waals surface area contributed by atoms with Crippen LogP contribution in [0.2, 0.25) is 0 Å². The maximum absolute atomic E-state index is 13.5. The van der Waals surface area contributed by atoms with Gasteiger partial charge in [0.25, 0.3) is 5.56 Å². The molecule has 0 spiro atoms. The number of fused-ring (bicyclic) bond motifs is 1. The standard InChI is InChI=1S/C23H24N4O3/c1-15-19(22(29)26-23(30)25-15)12-21(28)27(14-16-6-5-11-24-13-16)20-10-4-8-17-7-2-3-9-18(17)20/h2-3,5-7,9,11,13,20H,4,8,10,12,14H2,1H3,(H2,25,26,29,30). The maximum atomic E-state index is 13.5. The van der Waals surface area contributed by atoms with E-state index in [9.17, 15) is 14.4 Å². The first-order valence-electron chi connectivity index (χ1n) is 10.1. The van der Waals surface area contributed by atoms with Gasteiger partial charge in [0.1, 0.15) is 0 Å². The topological polar surface area (TPSA) is 98.9 Å². The molecule has 0 saturated carbocycles. The van der Waals surface area contributed by atoms with Crippen LogP contribution in [0.15, 0.2) is 58.4 Å². The Morgan fingerprint density at radius 3 is 2.77 bits per heavy atom. The summed E-state index contributed by atoms with van der Waals surface area (Å²) in [5.74, 6) is -0.152. The summed E-state index contributed by atoms with van der Waals surface area (Å²) < 4.78 is 0. The van der Waals surface area contributed by atoms with Crippen LogP contribution in [0.3, 0.4) is 0 Å². The van der Waals surface area contributed by atoms with Crippen molar-refractivity contribution in [3.8, 4) is 0 Å². The molecule has 7 heteroatoms. The van der Waals surface area contributed by atoms with Gasteiger partial charge in [0.05, 0.1) is 12.5 Å². The zero-order chi connectivity index (χ0) is 21.1. The minimum Gasteiger partial charge on any atom is -0.331 e. The zero-order valence-corrected chi connectivity index (χ0v) is 16.9. The number of benzene rings is 1. The zero-order valence-electron chi connectivity index (χ0n) is 16.9. The van der Waals surface area contributed by atoms with Crippen molar-refractivity contribution in [1.82, 2.24) is 19.9 Å². The highest BCUT2D eigenvalue weighted by Gasteiger charge is 2.30. The minimum absolute atomic E-state index is 0.0650. The lowest BCUT2D eigenvalue weighted by molar-refractivity contribution is -0.134. The lowest BCUT2D eigenvalue weighted by Crippen LogP contribution is -2.39.